The average molecular weight is 366 g/mol. The molecule has 1 unspecified atom stereocenters. The lowest BCUT2D eigenvalue weighted by atomic mass is 10.1. The first-order valence-electron chi connectivity index (χ1n) is 8.60. The van der Waals surface area contributed by atoms with Gasteiger partial charge in [-0.3, -0.25) is 14.2 Å². The summed E-state index contributed by atoms with van der Waals surface area (Å²) in [5, 5.41) is 3.71. The third-order valence-corrected chi connectivity index (χ3v) is 4.59. The zero-order valence-electron chi connectivity index (χ0n) is 15.8. The maximum absolute atomic E-state index is 12.8. The Balaban J connectivity index is 2.03. The summed E-state index contributed by atoms with van der Waals surface area (Å²) in [6, 6.07) is 13.4. The lowest BCUT2D eigenvalue weighted by Crippen LogP contribution is -2.32. The molecule has 0 aliphatic carbocycles. The highest BCUT2D eigenvalue weighted by Gasteiger charge is 2.21. The predicted octanol–water partition coefficient (Wildman–Crippen LogP) is 3.53. The second-order valence-corrected chi connectivity index (χ2v) is 6.29. The summed E-state index contributed by atoms with van der Waals surface area (Å²) < 4.78 is 12.0. The molecular weight excluding hydrogens is 344 g/mol. The summed E-state index contributed by atoms with van der Waals surface area (Å²) in [5.41, 5.74) is 1.83. The van der Waals surface area contributed by atoms with Crippen LogP contribution >= 0.6 is 0 Å². The van der Waals surface area contributed by atoms with Gasteiger partial charge in [0.2, 0.25) is 5.91 Å². The van der Waals surface area contributed by atoms with Crippen LogP contribution in [0, 0.1) is 6.92 Å². The van der Waals surface area contributed by atoms with Crippen molar-refractivity contribution in [1.29, 1.82) is 0 Å². The maximum Gasteiger partial charge on any atom is 0.252 e. The minimum atomic E-state index is -0.723. The fourth-order valence-corrected chi connectivity index (χ4v) is 3.12. The van der Waals surface area contributed by atoms with Crippen LogP contribution in [0.2, 0.25) is 0 Å². The number of ether oxygens (including phenoxy) is 2. The molecule has 0 radical (unpaired) electrons. The minimum absolute atomic E-state index is 0.248. The van der Waals surface area contributed by atoms with Crippen LogP contribution in [-0.4, -0.2) is 24.7 Å². The minimum Gasteiger partial charge on any atom is -0.497 e. The average Bonchev–Trinajstić information content (AvgIpc) is 2.68. The smallest absolute Gasteiger partial charge is 0.252 e. The van der Waals surface area contributed by atoms with Gasteiger partial charge in [-0.15, -0.1) is 0 Å². The van der Waals surface area contributed by atoms with Crippen molar-refractivity contribution in [3.63, 3.8) is 0 Å². The van der Waals surface area contributed by atoms with Gasteiger partial charge in [-0.2, -0.15) is 0 Å². The van der Waals surface area contributed by atoms with Crippen LogP contribution in [0.25, 0.3) is 10.9 Å². The van der Waals surface area contributed by atoms with Crippen molar-refractivity contribution >= 4 is 22.5 Å². The number of aromatic nitrogens is 1. The second kappa shape index (κ2) is 7.53. The Kier molecular flexibility index (Phi) is 5.16. The highest BCUT2D eigenvalue weighted by molar-refractivity contribution is 5.96. The van der Waals surface area contributed by atoms with Gasteiger partial charge in [0.1, 0.15) is 17.5 Å². The van der Waals surface area contributed by atoms with Gasteiger partial charge in [0.05, 0.1) is 19.7 Å². The number of benzene rings is 2. The molecule has 1 heterocycles. The van der Waals surface area contributed by atoms with Crippen molar-refractivity contribution in [3.8, 4) is 11.5 Å². The van der Waals surface area contributed by atoms with Crippen LogP contribution in [0.3, 0.4) is 0 Å². The van der Waals surface area contributed by atoms with Crippen LogP contribution in [0.5, 0.6) is 11.5 Å². The number of carbonyl (C=O) groups excluding carboxylic acids is 1. The zero-order valence-corrected chi connectivity index (χ0v) is 15.8. The zero-order chi connectivity index (χ0) is 19.6. The first-order valence-corrected chi connectivity index (χ1v) is 8.60. The normalized spacial score (nSPS) is 11.9. The molecular formula is C21H22N2O4. The number of hydrogen-bond acceptors (Lipinski definition) is 4. The first-order chi connectivity index (χ1) is 13.0. The van der Waals surface area contributed by atoms with Crippen molar-refractivity contribution in [2.45, 2.75) is 19.9 Å². The van der Waals surface area contributed by atoms with Crippen LogP contribution < -0.4 is 20.3 Å². The maximum atomic E-state index is 12.8. The van der Waals surface area contributed by atoms with E-state index in [2.05, 4.69) is 5.32 Å². The molecule has 0 bridgehead atoms. The first kappa shape index (κ1) is 18.5. The Hall–Kier alpha value is -3.28. The molecule has 0 aliphatic rings. The van der Waals surface area contributed by atoms with Crippen molar-refractivity contribution in [2.75, 3.05) is 19.5 Å². The van der Waals surface area contributed by atoms with Crippen LogP contribution in [0.15, 0.2) is 53.3 Å². The molecule has 0 saturated heterocycles. The third kappa shape index (κ3) is 3.51. The molecule has 6 heteroatoms. The summed E-state index contributed by atoms with van der Waals surface area (Å²) in [6.07, 6.45) is 0. The number of fused-ring (bicyclic) bond motifs is 1. The number of methoxy groups -OCH3 is 2. The third-order valence-electron chi connectivity index (χ3n) is 4.59. The number of carbonyl (C=O) groups is 1. The van der Waals surface area contributed by atoms with Gasteiger partial charge in [0.15, 0.2) is 0 Å². The Morgan fingerprint density at radius 1 is 1.07 bits per heavy atom. The number of nitrogens with one attached hydrogen (secondary N) is 1. The number of aryl methyl sites for hydroxylation is 1. The fourth-order valence-electron chi connectivity index (χ4n) is 3.12. The summed E-state index contributed by atoms with van der Waals surface area (Å²) in [4.78, 5) is 25.5. The van der Waals surface area contributed by atoms with E-state index < -0.39 is 6.04 Å². The van der Waals surface area contributed by atoms with E-state index in [1.807, 2.05) is 19.1 Å². The Morgan fingerprint density at radius 2 is 1.78 bits per heavy atom. The highest BCUT2D eigenvalue weighted by Crippen LogP contribution is 2.28. The van der Waals surface area contributed by atoms with E-state index >= 15 is 0 Å². The molecule has 3 aromatic rings. The predicted molar refractivity (Wildman–Crippen MR) is 106 cm³/mol. The molecule has 1 N–H and O–H groups in total. The van der Waals surface area contributed by atoms with Crippen molar-refractivity contribution < 1.29 is 14.3 Å². The molecule has 1 amide bonds. The van der Waals surface area contributed by atoms with Crippen molar-refractivity contribution in [1.82, 2.24) is 4.57 Å². The molecule has 1 atom stereocenters. The number of amides is 1. The molecule has 0 spiro atoms. The summed E-state index contributed by atoms with van der Waals surface area (Å²) in [6.45, 7) is 3.57. The van der Waals surface area contributed by atoms with E-state index in [0.29, 0.717) is 22.7 Å². The van der Waals surface area contributed by atoms with Gasteiger partial charge in [-0.25, -0.2) is 0 Å². The Morgan fingerprint density at radius 3 is 2.41 bits per heavy atom. The van der Waals surface area contributed by atoms with E-state index in [-0.39, 0.29) is 11.5 Å². The van der Waals surface area contributed by atoms with Gasteiger partial charge in [0, 0.05) is 17.1 Å². The quantitative estimate of drug-likeness (QED) is 0.750. The van der Waals surface area contributed by atoms with E-state index in [4.69, 9.17) is 9.47 Å². The lowest BCUT2D eigenvalue weighted by molar-refractivity contribution is -0.118. The monoisotopic (exact) mass is 366 g/mol. The molecule has 27 heavy (non-hydrogen) atoms. The van der Waals surface area contributed by atoms with Crippen LogP contribution in [0.4, 0.5) is 5.69 Å². The number of para-hydroxylation sites is 1. The number of rotatable bonds is 5. The Bertz CT molecular complexity index is 1040. The second-order valence-electron chi connectivity index (χ2n) is 6.29. The number of anilines is 1. The summed E-state index contributed by atoms with van der Waals surface area (Å²) in [7, 11) is 3.13. The van der Waals surface area contributed by atoms with Gasteiger partial charge < -0.3 is 14.8 Å². The van der Waals surface area contributed by atoms with Gasteiger partial charge in [-0.1, -0.05) is 12.1 Å². The Labute approximate surface area is 157 Å². The van der Waals surface area contributed by atoms with Crippen molar-refractivity contribution in [2.24, 2.45) is 0 Å². The van der Waals surface area contributed by atoms with E-state index in [1.165, 1.54) is 4.57 Å². The molecule has 140 valence electrons. The SMILES string of the molecule is COc1ccc(NC(=O)C(C)n2c(=O)cc(C)c3cccc(OC)c32)cc1. The van der Waals surface area contributed by atoms with E-state index in [0.717, 1.165) is 10.9 Å². The van der Waals surface area contributed by atoms with E-state index in [1.54, 1.807) is 57.5 Å². The molecule has 0 saturated carbocycles. The summed E-state index contributed by atoms with van der Waals surface area (Å²) in [5.74, 6) is 0.960. The fraction of sp³-hybridized carbons (Fsp3) is 0.238. The summed E-state index contributed by atoms with van der Waals surface area (Å²) >= 11 is 0. The molecule has 0 fully saturated rings. The molecule has 6 nitrogen and oxygen atoms in total. The number of nitrogens with zero attached hydrogens (tertiary/aromatic N) is 1. The molecule has 3 rings (SSSR count). The largest absolute Gasteiger partial charge is 0.497 e. The standard InChI is InChI=1S/C21H22N2O4/c1-13-12-19(24)23(20-17(13)6-5-7-18(20)27-4)14(2)21(25)22-15-8-10-16(26-3)11-9-15/h5-12,14H,1-4H3,(H,22,25). The lowest BCUT2D eigenvalue weighted by Gasteiger charge is -2.20. The van der Waals surface area contributed by atoms with E-state index in [9.17, 15) is 9.59 Å². The van der Waals surface area contributed by atoms with Crippen LogP contribution in [0.1, 0.15) is 18.5 Å². The molecule has 1 aromatic heterocycles. The highest BCUT2D eigenvalue weighted by atomic mass is 16.5. The molecule has 0 aliphatic heterocycles. The number of pyridine rings is 1. The molecule has 2 aromatic carbocycles. The van der Waals surface area contributed by atoms with Gasteiger partial charge in [-0.05, 0) is 49.7 Å². The topological polar surface area (TPSA) is 69.6 Å². The van der Waals surface area contributed by atoms with Crippen LogP contribution in [-0.2, 0) is 4.79 Å². The van der Waals surface area contributed by atoms with Crippen molar-refractivity contribution in [3.05, 3.63) is 64.4 Å². The number of hydrogen-bond donors (Lipinski definition) is 1. The van der Waals surface area contributed by atoms with Gasteiger partial charge in [0.25, 0.3) is 5.56 Å². The van der Waals surface area contributed by atoms with Gasteiger partial charge >= 0.3 is 0 Å².